The molecule has 0 spiro atoms. The van der Waals surface area contributed by atoms with E-state index in [0.717, 1.165) is 0 Å². The van der Waals surface area contributed by atoms with Gasteiger partial charge in [-0.1, -0.05) is 11.6 Å². The molecule has 1 fully saturated rings. The van der Waals surface area contributed by atoms with Gasteiger partial charge in [-0.3, -0.25) is 0 Å². The van der Waals surface area contributed by atoms with Gasteiger partial charge in [0.1, 0.15) is 0 Å². The van der Waals surface area contributed by atoms with Gasteiger partial charge in [0.2, 0.25) is 0 Å². The highest BCUT2D eigenvalue weighted by Gasteiger charge is 2.31. The molecule has 1 aliphatic rings. The number of carbonyl (C=O) groups is 1. The highest BCUT2D eigenvalue weighted by molar-refractivity contribution is 6.31. The molecule has 1 aliphatic heterocycles. The lowest BCUT2D eigenvalue weighted by atomic mass is 10.1. The van der Waals surface area contributed by atoms with Gasteiger partial charge >= 0.3 is 5.97 Å². The van der Waals surface area contributed by atoms with Crippen LogP contribution in [-0.2, 0) is 9.53 Å². The Morgan fingerprint density at radius 1 is 1.82 bits per heavy atom. The molecule has 1 heterocycles. The zero-order valence-corrected chi connectivity index (χ0v) is 7.58. The van der Waals surface area contributed by atoms with E-state index in [1.807, 2.05) is 0 Å². The average Bonchev–Trinajstić information content (AvgIpc) is 2.30. The van der Waals surface area contributed by atoms with Crippen LogP contribution in [0.4, 0.5) is 0 Å². The second kappa shape index (κ2) is 3.46. The summed E-state index contributed by atoms with van der Waals surface area (Å²) in [6, 6.07) is 0. The second-order valence-corrected chi connectivity index (χ2v) is 3.27. The first-order valence-corrected chi connectivity index (χ1v) is 4.17. The summed E-state index contributed by atoms with van der Waals surface area (Å²) in [6.45, 7) is 2.03. The van der Waals surface area contributed by atoms with Gasteiger partial charge in [-0.25, -0.2) is 4.79 Å². The number of rotatable bonds is 1. The molecule has 0 bridgehead atoms. The molecule has 1 unspecified atom stereocenters. The molecule has 62 valence electrons. The number of allylic oxidation sites excluding steroid dienone is 1. The number of esters is 1. The van der Waals surface area contributed by atoms with Gasteiger partial charge in [-0.15, -0.1) is 11.6 Å². The fourth-order valence-electron chi connectivity index (χ4n) is 1.05. The summed E-state index contributed by atoms with van der Waals surface area (Å²) in [5.41, 5.74) is 0.529. The number of hydrogen-bond donors (Lipinski definition) is 0. The minimum Gasteiger partial charge on any atom is -0.462 e. The normalized spacial score (nSPS) is 28.6. The Hall–Kier alpha value is -0.210. The Kier molecular flexibility index (Phi) is 2.79. The maximum absolute atomic E-state index is 11.0. The Labute approximate surface area is 75.1 Å². The van der Waals surface area contributed by atoms with Crippen molar-refractivity contribution in [3.05, 3.63) is 10.6 Å². The van der Waals surface area contributed by atoms with Gasteiger partial charge in [0.25, 0.3) is 0 Å². The van der Waals surface area contributed by atoms with Crippen molar-refractivity contribution >= 4 is 29.2 Å². The van der Waals surface area contributed by atoms with Gasteiger partial charge < -0.3 is 4.74 Å². The van der Waals surface area contributed by atoms with E-state index in [4.69, 9.17) is 27.9 Å². The summed E-state index contributed by atoms with van der Waals surface area (Å²) in [4.78, 5) is 11.0. The molecule has 0 aliphatic carbocycles. The van der Waals surface area contributed by atoms with Crippen LogP contribution in [0.2, 0.25) is 0 Å². The highest BCUT2D eigenvalue weighted by atomic mass is 35.5. The zero-order valence-electron chi connectivity index (χ0n) is 6.06. The van der Waals surface area contributed by atoms with E-state index in [1.165, 1.54) is 0 Å². The van der Waals surface area contributed by atoms with Crippen LogP contribution in [0.25, 0.3) is 0 Å². The van der Waals surface area contributed by atoms with Crippen LogP contribution < -0.4 is 0 Å². The van der Waals surface area contributed by atoms with Crippen molar-refractivity contribution < 1.29 is 9.53 Å². The molecule has 1 saturated heterocycles. The molecule has 1 atom stereocenters. The third-order valence-electron chi connectivity index (χ3n) is 1.60. The van der Waals surface area contributed by atoms with Gasteiger partial charge in [-0.05, 0) is 6.92 Å². The van der Waals surface area contributed by atoms with Crippen LogP contribution in [0.5, 0.6) is 0 Å². The van der Waals surface area contributed by atoms with Crippen LogP contribution in [0, 0.1) is 5.92 Å². The van der Waals surface area contributed by atoms with Crippen molar-refractivity contribution in [1.29, 1.82) is 0 Å². The number of carbonyl (C=O) groups excluding carboxylic acids is 1. The third kappa shape index (κ3) is 1.68. The topological polar surface area (TPSA) is 26.3 Å². The van der Waals surface area contributed by atoms with Crippen LogP contribution in [-0.4, -0.2) is 18.5 Å². The second-order valence-electron chi connectivity index (χ2n) is 2.40. The lowest BCUT2D eigenvalue weighted by molar-refractivity contribution is -0.135. The highest BCUT2D eigenvalue weighted by Crippen LogP contribution is 2.26. The standard InChI is InChI=1S/C7H8Cl2O2/c1-4(9)6-5(2-8)3-11-7(6)10/h5H,2-3H2,1H3/b6-4-. The molecule has 0 N–H and O–H groups in total. The first-order valence-electron chi connectivity index (χ1n) is 3.26. The smallest absolute Gasteiger partial charge is 0.335 e. The van der Waals surface area contributed by atoms with Gasteiger partial charge in [-0.2, -0.15) is 0 Å². The number of hydrogen-bond acceptors (Lipinski definition) is 2. The predicted octanol–water partition coefficient (Wildman–Crippen LogP) is 1.91. The van der Waals surface area contributed by atoms with Crippen molar-refractivity contribution in [3.63, 3.8) is 0 Å². The molecule has 0 aromatic heterocycles. The van der Waals surface area contributed by atoms with Crippen LogP contribution in [0.3, 0.4) is 0 Å². The third-order valence-corrected chi connectivity index (χ3v) is 2.18. The first kappa shape index (κ1) is 8.88. The molecule has 0 aromatic carbocycles. The zero-order chi connectivity index (χ0) is 8.43. The van der Waals surface area contributed by atoms with Crippen LogP contribution >= 0.6 is 23.2 Å². The summed E-state index contributed by atoms with van der Waals surface area (Å²) in [5, 5.41) is 0.484. The van der Waals surface area contributed by atoms with Gasteiger partial charge in [0.15, 0.2) is 0 Å². The molecule has 11 heavy (non-hydrogen) atoms. The minimum atomic E-state index is -0.330. The molecule has 0 aromatic rings. The molecule has 2 nitrogen and oxygen atoms in total. The average molecular weight is 195 g/mol. The summed E-state index contributed by atoms with van der Waals surface area (Å²) in [5.74, 6) is 0.0234. The SMILES string of the molecule is C/C(Cl)=C1/C(=O)OCC1CCl. The summed E-state index contributed by atoms with van der Waals surface area (Å²) < 4.78 is 4.76. The van der Waals surface area contributed by atoms with E-state index in [-0.39, 0.29) is 11.9 Å². The molecular weight excluding hydrogens is 187 g/mol. The van der Waals surface area contributed by atoms with Crippen molar-refractivity contribution in [3.8, 4) is 0 Å². The lowest BCUT2D eigenvalue weighted by Gasteiger charge is -2.01. The van der Waals surface area contributed by atoms with E-state index in [1.54, 1.807) is 6.92 Å². The molecule has 1 rings (SSSR count). The van der Waals surface area contributed by atoms with Gasteiger partial charge in [0, 0.05) is 16.8 Å². The number of halogens is 2. The van der Waals surface area contributed by atoms with E-state index < -0.39 is 0 Å². The monoisotopic (exact) mass is 194 g/mol. The first-order chi connectivity index (χ1) is 5.16. The van der Waals surface area contributed by atoms with Crippen molar-refractivity contribution in [1.82, 2.24) is 0 Å². The van der Waals surface area contributed by atoms with E-state index in [2.05, 4.69) is 0 Å². The Bertz CT molecular complexity index is 206. The predicted molar refractivity (Wildman–Crippen MR) is 43.7 cm³/mol. The molecule has 0 radical (unpaired) electrons. The fraction of sp³-hybridized carbons (Fsp3) is 0.571. The van der Waals surface area contributed by atoms with E-state index in [0.29, 0.717) is 23.1 Å². The minimum absolute atomic E-state index is 0.0262. The summed E-state index contributed by atoms with van der Waals surface area (Å²) in [6.07, 6.45) is 0. The fourth-order valence-corrected chi connectivity index (χ4v) is 1.52. The Balaban J connectivity index is 2.89. The van der Waals surface area contributed by atoms with E-state index in [9.17, 15) is 4.79 Å². The molecule has 0 saturated carbocycles. The van der Waals surface area contributed by atoms with Crippen LogP contribution in [0.1, 0.15) is 6.92 Å². The Morgan fingerprint density at radius 3 is 2.82 bits per heavy atom. The molecular formula is C7H8Cl2O2. The molecule has 0 amide bonds. The number of alkyl halides is 1. The maximum atomic E-state index is 11.0. The van der Waals surface area contributed by atoms with E-state index >= 15 is 0 Å². The molecule has 4 heteroatoms. The number of ether oxygens (including phenoxy) is 1. The quantitative estimate of drug-likeness (QED) is 0.363. The van der Waals surface area contributed by atoms with Crippen molar-refractivity contribution in [2.24, 2.45) is 5.92 Å². The van der Waals surface area contributed by atoms with Crippen molar-refractivity contribution in [2.45, 2.75) is 6.92 Å². The number of cyclic esters (lactones) is 1. The van der Waals surface area contributed by atoms with Crippen LogP contribution in [0.15, 0.2) is 10.6 Å². The largest absolute Gasteiger partial charge is 0.462 e. The summed E-state index contributed by atoms with van der Waals surface area (Å²) in [7, 11) is 0. The maximum Gasteiger partial charge on any atom is 0.335 e. The van der Waals surface area contributed by atoms with Crippen molar-refractivity contribution in [2.75, 3.05) is 12.5 Å². The van der Waals surface area contributed by atoms with Gasteiger partial charge in [0.05, 0.1) is 12.2 Å². The summed E-state index contributed by atoms with van der Waals surface area (Å²) >= 11 is 11.3. The Morgan fingerprint density at radius 2 is 2.45 bits per heavy atom. The lowest BCUT2D eigenvalue weighted by Crippen LogP contribution is -2.05.